The maximum absolute atomic E-state index is 12.4. The molecule has 0 aromatic heterocycles. The van der Waals surface area contributed by atoms with Crippen molar-refractivity contribution in [3.63, 3.8) is 0 Å². The first-order chi connectivity index (χ1) is 8.67. The van der Waals surface area contributed by atoms with E-state index in [1.807, 2.05) is 0 Å². The van der Waals surface area contributed by atoms with Crippen LogP contribution >= 0.6 is 24.8 Å². The van der Waals surface area contributed by atoms with Crippen LogP contribution in [0.1, 0.15) is 26.2 Å². The Balaban J connectivity index is 0.00000180. The Morgan fingerprint density at radius 3 is 2.55 bits per heavy atom. The fraction of sp³-hybridized carbons (Fsp3) is 0.923. The number of fused-ring (bicyclic) bond motifs is 2. The van der Waals surface area contributed by atoms with E-state index in [9.17, 15) is 4.79 Å². The van der Waals surface area contributed by atoms with Crippen LogP contribution in [-0.4, -0.2) is 67.2 Å². The Hall–Kier alpha value is -0.0700. The summed E-state index contributed by atoms with van der Waals surface area (Å²) in [4.78, 5) is 16.9. The highest BCUT2D eigenvalue weighted by molar-refractivity contribution is 5.85. The molecule has 2 bridgehead atoms. The van der Waals surface area contributed by atoms with Crippen LogP contribution < -0.4 is 5.73 Å². The Morgan fingerprint density at radius 1 is 1.30 bits per heavy atom. The van der Waals surface area contributed by atoms with Crippen LogP contribution in [0.15, 0.2) is 0 Å². The van der Waals surface area contributed by atoms with Gasteiger partial charge in [0.2, 0.25) is 5.91 Å². The van der Waals surface area contributed by atoms with Crippen molar-refractivity contribution in [3.05, 3.63) is 0 Å². The number of carbonyl (C=O) groups excluding carboxylic acids is 1. The summed E-state index contributed by atoms with van der Waals surface area (Å²) >= 11 is 0. The number of nitrogens with zero attached hydrogens (tertiary/aromatic N) is 2. The number of hydrogen-bond donors (Lipinski definition) is 1. The second-order valence-corrected chi connectivity index (χ2v) is 5.37. The fourth-order valence-corrected chi connectivity index (χ4v) is 3.23. The molecule has 2 aliphatic rings. The normalized spacial score (nSPS) is 27.2. The van der Waals surface area contributed by atoms with Gasteiger partial charge in [-0.2, -0.15) is 0 Å². The molecular formula is C13H27Cl2N3O2. The molecule has 2 fully saturated rings. The summed E-state index contributed by atoms with van der Waals surface area (Å²) in [5.41, 5.74) is 5.90. The lowest BCUT2D eigenvalue weighted by atomic mass is 10.1. The molecule has 2 N–H and O–H groups in total. The maximum Gasteiger partial charge on any atom is 0.242 e. The number of halogens is 2. The summed E-state index contributed by atoms with van der Waals surface area (Å²) in [6.07, 6.45) is 3.33. The fourth-order valence-electron chi connectivity index (χ4n) is 3.23. The SMILES string of the molecule is CCN1CCC2CCC(C1)N2C(=O)C(N)COC.Cl.Cl. The molecule has 0 radical (unpaired) electrons. The van der Waals surface area contributed by atoms with Gasteiger partial charge in [-0.25, -0.2) is 0 Å². The van der Waals surface area contributed by atoms with Gasteiger partial charge in [-0.1, -0.05) is 6.92 Å². The minimum atomic E-state index is -0.508. The molecule has 2 heterocycles. The van der Waals surface area contributed by atoms with Gasteiger partial charge in [0.15, 0.2) is 0 Å². The summed E-state index contributed by atoms with van der Waals surface area (Å²) in [6, 6.07) is 0.237. The Kier molecular flexibility index (Phi) is 9.02. The van der Waals surface area contributed by atoms with Gasteiger partial charge < -0.3 is 20.3 Å². The molecule has 20 heavy (non-hydrogen) atoms. The van der Waals surface area contributed by atoms with E-state index in [2.05, 4.69) is 16.7 Å². The molecule has 0 aromatic carbocycles. The van der Waals surface area contributed by atoms with Crippen molar-refractivity contribution < 1.29 is 9.53 Å². The van der Waals surface area contributed by atoms with Crippen molar-refractivity contribution in [2.45, 2.75) is 44.3 Å². The van der Waals surface area contributed by atoms with Gasteiger partial charge in [-0.15, -0.1) is 24.8 Å². The first-order valence-corrected chi connectivity index (χ1v) is 6.96. The second-order valence-electron chi connectivity index (χ2n) is 5.37. The van der Waals surface area contributed by atoms with Crippen molar-refractivity contribution in [3.8, 4) is 0 Å². The molecule has 3 atom stereocenters. The maximum atomic E-state index is 12.4. The van der Waals surface area contributed by atoms with Crippen LogP contribution in [0.4, 0.5) is 0 Å². The molecule has 5 nitrogen and oxygen atoms in total. The number of likely N-dealkylation sites (tertiary alicyclic amines) is 1. The molecule has 0 aromatic rings. The summed E-state index contributed by atoms with van der Waals surface area (Å²) in [5.74, 6) is 0.0716. The smallest absolute Gasteiger partial charge is 0.242 e. The summed E-state index contributed by atoms with van der Waals surface area (Å²) in [6.45, 7) is 5.66. The first-order valence-electron chi connectivity index (χ1n) is 6.96. The highest BCUT2D eigenvalue weighted by Gasteiger charge is 2.41. The van der Waals surface area contributed by atoms with Crippen LogP contribution in [0.25, 0.3) is 0 Å². The van der Waals surface area contributed by atoms with Crippen molar-refractivity contribution in [1.29, 1.82) is 0 Å². The molecule has 0 spiro atoms. The van der Waals surface area contributed by atoms with Gasteiger partial charge in [0.05, 0.1) is 6.61 Å². The zero-order valence-corrected chi connectivity index (χ0v) is 13.9. The predicted octanol–water partition coefficient (Wildman–Crippen LogP) is 0.889. The second kappa shape index (κ2) is 9.05. The first kappa shape index (κ1) is 19.9. The van der Waals surface area contributed by atoms with Crippen LogP contribution in [0.5, 0.6) is 0 Å². The summed E-state index contributed by atoms with van der Waals surface area (Å²) in [5, 5.41) is 0. The van der Waals surface area contributed by atoms with E-state index in [0.717, 1.165) is 38.9 Å². The van der Waals surface area contributed by atoms with Crippen LogP contribution in [0.3, 0.4) is 0 Å². The van der Waals surface area contributed by atoms with Crippen molar-refractivity contribution in [1.82, 2.24) is 9.80 Å². The van der Waals surface area contributed by atoms with E-state index in [1.54, 1.807) is 7.11 Å². The Labute approximate surface area is 134 Å². The molecule has 2 aliphatic heterocycles. The number of hydrogen-bond acceptors (Lipinski definition) is 4. The third-order valence-electron chi connectivity index (χ3n) is 4.23. The Morgan fingerprint density at radius 2 is 1.95 bits per heavy atom. The van der Waals surface area contributed by atoms with Crippen LogP contribution in [0.2, 0.25) is 0 Å². The average molecular weight is 328 g/mol. The molecule has 1 amide bonds. The standard InChI is InChI=1S/C13H25N3O2.2ClH/c1-3-15-7-6-10-4-5-11(8-15)16(10)13(17)12(14)9-18-2;;/h10-12H,3-9,14H2,1-2H3;2*1H. The third kappa shape index (κ3) is 4.21. The zero-order chi connectivity index (χ0) is 13.1. The van der Waals surface area contributed by atoms with Crippen molar-refractivity contribution >= 4 is 30.7 Å². The summed E-state index contributed by atoms with van der Waals surface area (Å²) in [7, 11) is 1.59. The minimum Gasteiger partial charge on any atom is -0.383 e. The molecule has 2 saturated heterocycles. The quantitative estimate of drug-likeness (QED) is 0.833. The number of amides is 1. The van der Waals surface area contributed by atoms with Crippen LogP contribution in [0, 0.1) is 0 Å². The lowest BCUT2D eigenvalue weighted by Crippen LogP contribution is -2.51. The van der Waals surface area contributed by atoms with Gasteiger partial charge in [0.1, 0.15) is 6.04 Å². The van der Waals surface area contributed by atoms with Gasteiger partial charge in [-0.3, -0.25) is 4.79 Å². The number of methoxy groups -OCH3 is 1. The van der Waals surface area contributed by atoms with E-state index >= 15 is 0 Å². The number of nitrogens with two attached hydrogens (primary N) is 1. The number of likely N-dealkylation sites (N-methyl/N-ethyl adjacent to an activating group) is 1. The van der Waals surface area contributed by atoms with E-state index in [1.165, 1.54) is 0 Å². The predicted molar refractivity (Wildman–Crippen MR) is 84.7 cm³/mol. The van der Waals surface area contributed by atoms with E-state index in [4.69, 9.17) is 10.5 Å². The minimum absolute atomic E-state index is 0. The van der Waals surface area contributed by atoms with Gasteiger partial charge in [-0.05, 0) is 25.8 Å². The molecule has 0 aliphatic carbocycles. The van der Waals surface area contributed by atoms with Gasteiger partial charge in [0, 0.05) is 32.3 Å². The van der Waals surface area contributed by atoms with E-state index < -0.39 is 6.04 Å². The molecule has 2 rings (SSSR count). The number of ether oxygens (including phenoxy) is 1. The third-order valence-corrected chi connectivity index (χ3v) is 4.23. The highest BCUT2D eigenvalue weighted by Crippen LogP contribution is 2.30. The zero-order valence-electron chi connectivity index (χ0n) is 12.3. The van der Waals surface area contributed by atoms with E-state index in [-0.39, 0.29) is 30.7 Å². The number of carbonyl (C=O) groups is 1. The summed E-state index contributed by atoms with van der Waals surface area (Å²) < 4.78 is 5.00. The topological polar surface area (TPSA) is 58.8 Å². The molecule has 120 valence electrons. The largest absolute Gasteiger partial charge is 0.383 e. The average Bonchev–Trinajstić information content (AvgIpc) is 2.64. The molecule has 3 unspecified atom stereocenters. The van der Waals surface area contributed by atoms with Crippen molar-refractivity contribution in [2.24, 2.45) is 5.73 Å². The molecular weight excluding hydrogens is 301 g/mol. The van der Waals surface area contributed by atoms with Crippen molar-refractivity contribution in [2.75, 3.05) is 33.4 Å². The highest BCUT2D eigenvalue weighted by atomic mass is 35.5. The monoisotopic (exact) mass is 327 g/mol. The van der Waals surface area contributed by atoms with Gasteiger partial charge >= 0.3 is 0 Å². The molecule has 7 heteroatoms. The van der Waals surface area contributed by atoms with Gasteiger partial charge in [0.25, 0.3) is 0 Å². The van der Waals surface area contributed by atoms with Crippen LogP contribution in [-0.2, 0) is 9.53 Å². The van der Waals surface area contributed by atoms with E-state index in [0.29, 0.717) is 18.7 Å². The lowest BCUT2D eigenvalue weighted by Gasteiger charge is -2.30. The Bertz CT molecular complexity index is 307. The molecule has 0 saturated carbocycles. The lowest BCUT2D eigenvalue weighted by molar-refractivity contribution is -0.136. The number of rotatable bonds is 4.